The number of benzene rings is 2. The molecule has 3 nitrogen and oxygen atoms in total. The van der Waals surface area contributed by atoms with Gasteiger partial charge >= 0.3 is 6.18 Å². The van der Waals surface area contributed by atoms with E-state index in [0.29, 0.717) is 11.1 Å². The molecule has 0 saturated carbocycles. The lowest BCUT2D eigenvalue weighted by atomic mass is 10.1. The maximum Gasteiger partial charge on any atom is 0.451 e. The van der Waals surface area contributed by atoms with Gasteiger partial charge in [0.05, 0.1) is 5.69 Å². The average Bonchev–Trinajstić information content (AvgIpc) is 2.50. The van der Waals surface area contributed by atoms with E-state index in [1.165, 1.54) is 0 Å². The molecule has 0 aromatic heterocycles. The molecule has 2 aromatic rings. The standard InChI is InChI=1S/C17H16F3N3/c1-11-8-9-12(2)14(10-11)22-16(17(18,19)20)23-15(21)13-6-4-3-5-7-13/h3-10H,1-2H3,(H2,21,22,23). The average molecular weight is 319 g/mol. The monoisotopic (exact) mass is 319 g/mol. The van der Waals surface area contributed by atoms with Gasteiger partial charge < -0.3 is 5.73 Å². The van der Waals surface area contributed by atoms with Gasteiger partial charge in [-0.2, -0.15) is 13.2 Å². The van der Waals surface area contributed by atoms with Gasteiger partial charge in [-0.05, 0) is 31.0 Å². The predicted octanol–water partition coefficient (Wildman–Crippen LogP) is 4.30. The van der Waals surface area contributed by atoms with Gasteiger partial charge in [0.1, 0.15) is 5.84 Å². The first-order valence-electron chi connectivity index (χ1n) is 6.90. The molecule has 0 saturated heterocycles. The Bertz CT molecular complexity index is 747. The van der Waals surface area contributed by atoms with Gasteiger partial charge in [-0.1, -0.05) is 42.5 Å². The molecular weight excluding hydrogens is 303 g/mol. The largest absolute Gasteiger partial charge is 0.451 e. The molecule has 0 aliphatic heterocycles. The highest BCUT2D eigenvalue weighted by atomic mass is 19.4. The molecule has 2 aromatic carbocycles. The van der Waals surface area contributed by atoms with E-state index in [9.17, 15) is 13.2 Å². The molecule has 120 valence electrons. The van der Waals surface area contributed by atoms with Crippen molar-refractivity contribution in [1.82, 2.24) is 0 Å². The molecule has 23 heavy (non-hydrogen) atoms. The fourth-order valence-electron chi connectivity index (χ4n) is 1.89. The molecule has 0 radical (unpaired) electrons. The number of alkyl halides is 3. The lowest BCUT2D eigenvalue weighted by Crippen LogP contribution is -2.25. The summed E-state index contributed by atoms with van der Waals surface area (Å²) in [6.07, 6.45) is -4.70. The number of amidine groups is 2. The molecule has 0 heterocycles. The van der Waals surface area contributed by atoms with E-state index < -0.39 is 12.0 Å². The highest BCUT2D eigenvalue weighted by molar-refractivity contribution is 6.07. The van der Waals surface area contributed by atoms with Gasteiger partial charge in [-0.3, -0.25) is 0 Å². The van der Waals surface area contributed by atoms with Crippen molar-refractivity contribution in [2.24, 2.45) is 15.7 Å². The summed E-state index contributed by atoms with van der Waals surface area (Å²) < 4.78 is 39.7. The van der Waals surface area contributed by atoms with Gasteiger partial charge in [-0.15, -0.1) is 0 Å². The fraction of sp³-hybridized carbons (Fsp3) is 0.176. The number of aliphatic imine (C=N–C) groups is 2. The van der Waals surface area contributed by atoms with Crippen LogP contribution in [0.5, 0.6) is 0 Å². The summed E-state index contributed by atoms with van der Waals surface area (Å²) in [5.74, 6) is -1.50. The number of aryl methyl sites for hydroxylation is 2. The van der Waals surface area contributed by atoms with E-state index in [2.05, 4.69) is 9.98 Å². The SMILES string of the molecule is Cc1ccc(C)c(N=C(N=C(N)c2ccccc2)C(F)(F)F)c1. The smallest absolute Gasteiger partial charge is 0.383 e. The molecule has 0 bridgehead atoms. The molecule has 0 unspecified atom stereocenters. The van der Waals surface area contributed by atoms with Crippen LogP contribution in [0.3, 0.4) is 0 Å². The normalized spacial score (nSPS) is 13.3. The fourth-order valence-corrected chi connectivity index (χ4v) is 1.89. The Labute approximate surface area is 132 Å². The van der Waals surface area contributed by atoms with Crippen LogP contribution < -0.4 is 5.73 Å². The van der Waals surface area contributed by atoms with Crippen molar-refractivity contribution in [1.29, 1.82) is 0 Å². The van der Waals surface area contributed by atoms with E-state index >= 15 is 0 Å². The van der Waals surface area contributed by atoms with Gasteiger partial charge in [0.15, 0.2) is 0 Å². The summed E-state index contributed by atoms with van der Waals surface area (Å²) in [7, 11) is 0. The van der Waals surface area contributed by atoms with Crippen molar-refractivity contribution in [2.45, 2.75) is 20.0 Å². The van der Waals surface area contributed by atoms with Crippen LogP contribution in [0.15, 0.2) is 58.5 Å². The first-order chi connectivity index (χ1) is 10.8. The summed E-state index contributed by atoms with van der Waals surface area (Å²) >= 11 is 0. The Hall–Kier alpha value is -2.63. The van der Waals surface area contributed by atoms with Crippen molar-refractivity contribution < 1.29 is 13.2 Å². The molecule has 0 aliphatic carbocycles. The van der Waals surface area contributed by atoms with E-state index in [4.69, 9.17) is 5.73 Å². The van der Waals surface area contributed by atoms with Crippen LogP contribution in [0.25, 0.3) is 0 Å². The molecular formula is C17H16F3N3. The van der Waals surface area contributed by atoms with Gasteiger partial charge in [0.25, 0.3) is 0 Å². The Morgan fingerprint density at radius 2 is 1.65 bits per heavy atom. The van der Waals surface area contributed by atoms with Gasteiger partial charge in [-0.25, -0.2) is 9.98 Å². The minimum atomic E-state index is -4.70. The Morgan fingerprint density at radius 3 is 2.26 bits per heavy atom. The maximum absolute atomic E-state index is 13.2. The summed E-state index contributed by atoms with van der Waals surface area (Å²) in [6, 6.07) is 13.4. The van der Waals surface area contributed by atoms with Crippen molar-refractivity contribution in [2.75, 3.05) is 0 Å². The minimum absolute atomic E-state index is 0.224. The zero-order valence-electron chi connectivity index (χ0n) is 12.7. The van der Waals surface area contributed by atoms with Crippen LogP contribution in [-0.4, -0.2) is 17.8 Å². The Morgan fingerprint density at radius 1 is 1.00 bits per heavy atom. The predicted molar refractivity (Wildman–Crippen MR) is 86.2 cm³/mol. The quantitative estimate of drug-likeness (QED) is 0.651. The number of hydrogen-bond donors (Lipinski definition) is 1. The number of nitrogens with two attached hydrogens (primary N) is 1. The van der Waals surface area contributed by atoms with Crippen LogP contribution >= 0.6 is 0 Å². The number of hydrogen-bond acceptors (Lipinski definition) is 1. The van der Waals surface area contributed by atoms with Crippen molar-refractivity contribution >= 4 is 17.4 Å². The Kier molecular flexibility index (Phi) is 4.83. The third-order valence-electron chi connectivity index (χ3n) is 3.14. The lowest BCUT2D eigenvalue weighted by Gasteiger charge is -2.09. The van der Waals surface area contributed by atoms with Gasteiger partial charge in [0.2, 0.25) is 5.84 Å². The van der Waals surface area contributed by atoms with Crippen LogP contribution in [0.1, 0.15) is 16.7 Å². The zero-order valence-corrected chi connectivity index (χ0v) is 12.7. The molecule has 0 amide bonds. The van der Waals surface area contributed by atoms with Crippen LogP contribution in [0, 0.1) is 13.8 Å². The third-order valence-corrected chi connectivity index (χ3v) is 3.14. The first kappa shape index (κ1) is 16.7. The molecule has 0 fully saturated rings. The second-order valence-electron chi connectivity index (χ2n) is 5.09. The molecule has 0 aliphatic rings. The van der Waals surface area contributed by atoms with E-state index in [0.717, 1.165) is 5.56 Å². The molecule has 0 atom stereocenters. The molecule has 6 heteroatoms. The number of rotatable bonds is 2. The van der Waals surface area contributed by atoms with E-state index in [1.807, 2.05) is 6.07 Å². The van der Waals surface area contributed by atoms with Crippen LogP contribution in [0.2, 0.25) is 0 Å². The third kappa shape index (κ3) is 4.42. The second kappa shape index (κ2) is 6.64. The minimum Gasteiger partial charge on any atom is -0.383 e. The van der Waals surface area contributed by atoms with Crippen LogP contribution in [-0.2, 0) is 0 Å². The van der Waals surface area contributed by atoms with Gasteiger partial charge in [0, 0.05) is 5.56 Å². The number of nitrogens with zero attached hydrogens (tertiary/aromatic N) is 2. The Balaban J connectivity index is 2.50. The highest BCUT2D eigenvalue weighted by Gasteiger charge is 2.36. The highest BCUT2D eigenvalue weighted by Crippen LogP contribution is 2.26. The summed E-state index contributed by atoms with van der Waals surface area (Å²) in [6.45, 7) is 3.48. The topological polar surface area (TPSA) is 50.7 Å². The molecule has 0 spiro atoms. The molecule has 2 N–H and O–H groups in total. The first-order valence-corrected chi connectivity index (χ1v) is 6.90. The number of halogens is 3. The zero-order chi connectivity index (χ0) is 17.0. The van der Waals surface area contributed by atoms with Crippen molar-refractivity contribution in [3.05, 3.63) is 65.2 Å². The summed E-state index contributed by atoms with van der Waals surface area (Å²) in [4.78, 5) is 7.18. The van der Waals surface area contributed by atoms with E-state index in [1.54, 1.807) is 56.3 Å². The van der Waals surface area contributed by atoms with Crippen LogP contribution in [0.4, 0.5) is 18.9 Å². The van der Waals surface area contributed by atoms with Crippen molar-refractivity contribution in [3.63, 3.8) is 0 Å². The second-order valence-corrected chi connectivity index (χ2v) is 5.09. The summed E-state index contributed by atoms with van der Waals surface area (Å²) in [5, 5.41) is 0. The van der Waals surface area contributed by atoms with Crippen molar-refractivity contribution in [3.8, 4) is 0 Å². The lowest BCUT2D eigenvalue weighted by molar-refractivity contribution is -0.0596. The summed E-state index contributed by atoms with van der Waals surface area (Å²) in [5.41, 5.74) is 7.76. The molecule has 2 rings (SSSR count). The van der Waals surface area contributed by atoms with E-state index in [-0.39, 0.29) is 11.5 Å². The maximum atomic E-state index is 13.2.